The molecule has 3 N–H and O–H groups in total. The first-order chi connectivity index (χ1) is 10.0. The van der Waals surface area contributed by atoms with E-state index < -0.39 is 0 Å². The van der Waals surface area contributed by atoms with Crippen molar-refractivity contribution in [1.29, 1.82) is 0 Å². The van der Waals surface area contributed by atoms with Gasteiger partial charge in [0.2, 0.25) is 5.91 Å². The molecule has 21 heavy (non-hydrogen) atoms. The third-order valence-electron chi connectivity index (χ3n) is 3.82. The van der Waals surface area contributed by atoms with Gasteiger partial charge in [-0.25, -0.2) is 0 Å². The van der Waals surface area contributed by atoms with Crippen LogP contribution in [0.25, 0.3) is 0 Å². The highest BCUT2D eigenvalue weighted by Crippen LogP contribution is 2.25. The second kappa shape index (κ2) is 7.38. The first-order valence-corrected chi connectivity index (χ1v) is 8.65. The van der Waals surface area contributed by atoms with Gasteiger partial charge in [0.1, 0.15) is 0 Å². The van der Waals surface area contributed by atoms with Crippen LogP contribution in [0.4, 0.5) is 11.4 Å². The van der Waals surface area contributed by atoms with E-state index in [2.05, 4.69) is 17.1 Å². The van der Waals surface area contributed by atoms with Crippen molar-refractivity contribution in [2.24, 2.45) is 0 Å². The number of carbonyl (C=O) groups is 1. The molecule has 0 aliphatic carbocycles. The summed E-state index contributed by atoms with van der Waals surface area (Å²) in [6.07, 6.45) is 1.14. The number of rotatable bonds is 4. The number of hydrogen-bond donors (Lipinski definition) is 2. The van der Waals surface area contributed by atoms with Crippen molar-refractivity contribution in [2.75, 3.05) is 29.9 Å². The third-order valence-corrected chi connectivity index (χ3v) is 5.43. The Labute approximate surface area is 135 Å². The molecule has 0 saturated carbocycles. The third kappa shape index (κ3) is 4.28. The maximum absolute atomic E-state index is 12.4. The maximum atomic E-state index is 12.4. The molecule has 2 unspecified atom stereocenters. The van der Waals surface area contributed by atoms with Crippen LogP contribution in [0.2, 0.25) is 5.02 Å². The van der Waals surface area contributed by atoms with Crippen LogP contribution in [0.3, 0.4) is 0 Å². The van der Waals surface area contributed by atoms with Crippen LogP contribution in [0.1, 0.15) is 20.3 Å². The molecule has 2 atom stereocenters. The Morgan fingerprint density at radius 2 is 2.38 bits per heavy atom. The van der Waals surface area contributed by atoms with Crippen molar-refractivity contribution in [3.8, 4) is 0 Å². The van der Waals surface area contributed by atoms with Gasteiger partial charge in [-0.3, -0.25) is 9.69 Å². The molecular formula is C15H22ClN3OS. The van der Waals surface area contributed by atoms with E-state index in [9.17, 15) is 4.79 Å². The molecule has 2 rings (SSSR count). The standard InChI is InChI=1S/C15H22ClN3OS/c1-3-12-9-19(6-7-21-12)10(2)15(20)18-14-5-4-11(16)8-13(14)17/h4-5,8,10,12H,3,6-7,9,17H2,1-2H3,(H,18,20). The number of nitrogen functional groups attached to an aromatic ring is 1. The molecule has 1 aromatic rings. The van der Waals surface area contributed by atoms with E-state index in [1.165, 1.54) is 0 Å². The second-order valence-electron chi connectivity index (χ2n) is 5.29. The smallest absolute Gasteiger partial charge is 0.241 e. The Bertz CT molecular complexity index is 512. The van der Waals surface area contributed by atoms with Crippen molar-refractivity contribution < 1.29 is 4.79 Å². The van der Waals surface area contributed by atoms with Crippen LogP contribution >= 0.6 is 23.4 Å². The number of thioether (sulfide) groups is 1. The Kier molecular flexibility index (Phi) is 5.79. The minimum Gasteiger partial charge on any atom is -0.397 e. The molecule has 1 amide bonds. The summed E-state index contributed by atoms with van der Waals surface area (Å²) < 4.78 is 0. The fraction of sp³-hybridized carbons (Fsp3) is 0.533. The zero-order chi connectivity index (χ0) is 15.4. The van der Waals surface area contributed by atoms with E-state index in [1.54, 1.807) is 18.2 Å². The van der Waals surface area contributed by atoms with Crippen LogP contribution in [0, 0.1) is 0 Å². The fourth-order valence-corrected chi connectivity index (χ4v) is 3.78. The average molecular weight is 328 g/mol. The number of nitrogens with one attached hydrogen (secondary N) is 1. The zero-order valence-electron chi connectivity index (χ0n) is 12.4. The highest BCUT2D eigenvalue weighted by Gasteiger charge is 2.27. The molecule has 1 aromatic carbocycles. The van der Waals surface area contributed by atoms with E-state index in [-0.39, 0.29) is 11.9 Å². The zero-order valence-corrected chi connectivity index (χ0v) is 14.0. The molecule has 1 heterocycles. The number of carbonyl (C=O) groups excluding carboxylic acids is 1. The molecular weight excluding hydrogens is 306 g/mol. The highest BCUT2D eigenvalue weighted by molar-refractivity contribution is 8.00. The summed E-state index contributed by atoms with van der Waals surface area (Å²) in [5.41, 5.74) is 6.99. The van der Waals surface area contributed by atoms with E-state index in [1.807, 2.05) is 18.7 Å². The van der Waals surface area contributed by atoms with Gasteiger partial charge < -0.3 is 11.1 Å². The predicted molar refractivity (Wildman–Crippen MR) is 92.1 cm³/mol. The lowest BCUT2D eigenvalue weighted by atomic mass is 10.2. The van der Waals surface area contributed by atoms with Crippen LogP contribution in [-0.4, -0.2) is 40.9 Å². The Hall–Kier alpha value is -0.910. The van der Waals surface area contributed by atoms with Crippen molar-refractivity contribution in [1.82, 2.24) is 4.90 Å². The number of hydrogen-bond acceptors (Lipinski definition) is 4. The van der Waals surface area contributed by atoms with Gasteiger partial charge in [-0.2, -0.15) is 11.8 Å². The van der Waals surface area contributed by atoms with Crippen LogP contribution in [-0.2, 0) is 4.79 Å². The van der Waals surface area contributed by atoms with E-state index in [0.29, 0.717) is 21.6 Å². The van der Waals surface area contributed by atoms with Gasteiger partial charge in [-0.05, 0) is 31.5 Å². The first-order valence-electron chi connectivity index (χ1n) is 7.22. The quantitative estimate of drug-likeness (QED) is 0.834. The van der Waals surface area contributed by atoms with Crippen LogP contribution < -0.4 is 11.1 Å². The van der Waals surface area contributed by atoms with Crippen molar-refractivity contribution >= 4 is 40.6 Å². The molecule has 1 fully saturated rings. The molecule has 0 bridgehead atoms. The van der Waals surface area contributed by atoms with Gasteiger partial charge in [0.15, 0.2) is 0 Å². The Morgan fingerprint density at radius 1 is 1.62 bits per heavy atom. The molecule has 1 saturated heterocycles. The summed E-state index contributed by atoms with van der Waals surface area (Å²) >= 11 is 7.86. The summed E-state index contributed by atoms with van der Waals surface area (Å²) in [6, 6.07) is 4.95. The Balaban J connectivity index is 1.99. The molecule has 0 aromatic heterocycles. The summed E-state index contributed by atoms with van der Waals surface area (Å²) in [5, 5.41) is 4.08. The van der Waals surface area contributed by atoms with Crippen LogP contribution in [0.5, 0.6) is 0 Å². The number of benzene rings is 1. The minimum absolute atomic E-state index is 0.0224. The predicted octanol–water partition coefficient (Wildman–Crippen LogP) is 3.08. The van der Waals surface area contributed by atoms with Gasteiger partial charge in [0.25, 0.3) is 0 Å². The second-order valence-corrected chi connectivity index (χ2v) is 7.14. The van der Waals surface area contributed by atoms with E-state index >= 15 is 0 Å². The van der Waals surface area contributed by atoms with Crippen molar-refractivity contribution in [3.63, 3.8) is 0 Å². The summed E-state index contributed by atoms with van der Waals surface area (Å²) in [6.45, 7) is 6.06. The molecule has 0 spiro atoms. The number of nitrogens with two attached hydrogens (primary N) is 1. The van der Waals surface area contributed by atoms with Crippen molar-refractivity contribution in [3.05, 3.63) is 23.2 Å². The molecule has 1 aliphatic rings. The summed E-state index contributed by atoms with van der Waals surface area (Å²) in [7, 11) is 0. The number of nitrogens with zero attached hydrogens (tertiary/aromatic N) is 1. The van der Waals surface area contributed by atoms with Crippen LogP contribution in [0.15, 0.2) is 18.2 Å². The van der Waals surface area contributed by atoms with Gasteiger partial charge in [0, 0.05) is 29.1 Å². The highest BCUT2D eigenvalue weighted by atomic mass is 35.5. The van der Waals surface area contributed by atoms with Gasteiger partial charge >= 0.3 is 0 Å². The number of anilines is 2. The first kappa shape index (κ1) is 16.5. The minimum atomic E-state index is -0.157. The molecule has 6 heteroatoms. The summed E-state index contributed by atoms with van der Waals surface area (Å²) in [5.74, 6) is 1.06. The lowest BCUT2D eigenvalue weighted by Crippen LogP contribution is -2.48. The summed E-state index contributed by atoms with van der Waals surface area (Å²) in [4.78, 5) is 14.6. The Morgan fingerprint density at radius 3 is 3.05 bits per heavy atom. The monoisotopic (exact) mass is 327 g/mol. The normalized spacial score (nSPS) is 21.0. The molecule has 1 aliphatic heterocycles. The average Bonchev–Trinajstić information content (AvgIpc) is 2.49. The largest absolute Gasteiger partial charge is 0.397 e. The lowest BCUT2D eigenvalue weighted by molar-refractivity contribution is -0.120. The van der Waals surface area contributed by atoms with Gasteiger partial charge in [0.05, 0.1) is 17.4 Å². The maximum Gasteiger partial charge on any atom is 0.241 e. The van der Waals surface area contributed by atoms with E-state index in [0.717, 1.165) is 25.3 Å². The number of amides is 1. The SMILES string of the molecule is CCC1CN(C(C)C(=O)Nc2ccc(Cl)cc2N)CCS1. The van der Waals surface area contributed by atoms with Crippen molar-refractivity contribution in [2.45, 2.75) is 31.6 Å². The van der Waals surface area contributed by atoms with E-state index in [4.69, 9.17) is 17.3 Å². The number of halogens is 1. The molecule has 116 valence electrons. The lowest BCUT2D eigenvalue weighted by Gasteiger charge is -2.35. The topological polar surface area (TPSA) is 58.4 Å². The molecule has 4 nitrogen and oxygen atoms in total. The fourth-order valence-electron chi connectivity index (χ4n) is 2.39. The van der Waals surface area contributed by atoms with Gasteiger partial charge in [-0.15, -0.1) is 0 Å². The van der Waals surface area contributed by atoms with Gasteiger partial charge in [-0.1, -0.05) is 18.5 Å². The molecule has 0 radical (unpaired) electrons.